The van der Waals surface area contributed by atoms with Gasteiger partial charge in [0.1, 0.15) is 0 Å². The molecule has 4 nitrogen and oxygen atoms in total. The van der Waals surface area contributed by atoms with E-state index in [-0.39, 0.29) is 0 Å². The molecule has 3 heterocycles. The SMILES string of the molecule is Cc1cc2cc(Nc3ccnc4cc(-c5ccc(CNC(C)C)cc5)sc34)ccc2[nH]1. The molecule has 5 rings (SSSR count). The number of H-pyrrole nitrogens is 1. The van der Waals surface area contributed by atoms with Gasteiger partial charge < -0.3 is 15.6 Å². The number of aromatic amines is 1. The Morgan fingerprint density at radius 3 is 2.65 bits per heavy atom. The van der Waals surface area contributed by atoms with Crippen molar-refractivity contribution in [3.8, 4) is 10.4 Å². The second-order valence-corrected chi connectivity index (χ2v) is 9.35. The van der Waals surface area contributed by atoms with Crippen molar-refractivity contribution < 1.29 is 0 Å². The Bertz CT molecular complexity index is 1350. The molecular weight excluding hydrogens is 400 g/mol. The maximum absolute atomic E-state index is 4.60. The van der Waals surface area contributed by atoms with Crippen LogP contribution < -0.4 is 10.6 Å². The van der Waals surface area contributed by atoms with Crippen molar-refractivity contribution in [1.29, 1.82) is 0 Å². The topological polar surface area (TPSA) is 52.7 Å². The van der Waals surface area contributed by atoms with Crippen molar-refractivity contribution in [3.05, 3.63) is 78.1 Å². The Morgan fingerprint density at radius 1 is 1.00 bits per heavy atom. The second kappa shape index (κ2) is 8.17. The van der Waals surface area contributed by atoms with E-state index >= 15 is 0 Å². The normalized spacial score (nSPS) is 11.6. The van der Waals surface area contributed by atoms with Crippen LogP contribution in [0.25, 0.3) is 31.6 Å². The molecule has 0 atom stereocenters. The van der Waals surface area contributed by atoms with Crippen molar-refractivity contribution in [2.75, 3.05) is 5.32 Å². The quantitative estimate of drug-likeness (QED) is 0.274. The predicted octanol–water partition coefficient (Wildman–Crippen LogP) is 6.99. The van der Waals surface area contributed by atoms with Gasteiger partial charge in [0.05, 0.1) is 15.9 Å². The molecule has 3 aromatic heterocycles. The Labute approximate surface area is 186 Å². The number of nitrogens with one attached hydrogen (secondary N) is 3. The van der Waals surface area contributed by atoms with Crippen LogP contribution in [0.1, 0.15) is 25.1 Å². The number of aryl methyl sites for hydroxylation is 1. The molecule has 0 unspecified atom stereocenters. The van der Waals surface area contributed by atoms with Crippen molar-refractivity contribution in [2.24, 2.45) is 0 Å². The Hall–Kier alpha value is -3.15. The second-order valence-electron chi connectivity index (χ2n) is 8.30. The van der Waals surface area contributed by atoms with E-state index in [0.29, 0.717) is 6.04 Å². The molecule has 0 spiro atoms. The van der Waals surface area contributed by atoms with Crippen LogP contribution in [0, 0.1) is 6.92 Å². The molecule has 0 radical (unpaired) electrons. The summed E-state index contributed by atoms with van der Waals surface area (Å²) >= 11 is 1.78. The first-order valence-corrected chi connectivity index (χ1v) is 11.4. The molecule has 0 saturated heterocycles. The van der Waals surface area contributed by atoms with Crippen LogP contribution in [0.15, 0.2) is 66.9 Å². The number of thiophene rings is 1. The maximum atomic E-state index is 4.60. The van der Waals surface area contributed by atoms with E-state index in [9.17, 15) is 0 Å². The minimum atomic E-state index is 0.487. The van der Waals surface area contributed by atoms with Gasteiger partial charge in [0, 0.05) is 45.9 Å². The van der Waals surface area contributed by atoms with E-state index in [1.807, 2.05) is 6.20 Å². The van der Waals surface area contributed by atoms with Crippen molar-refractivity contribution >= 4 is 43.8 Å². The van der Waals surface area contributed by atoms with Crippen LogP contribution in [0.2, 0.25) is 0 Å². The molecule has 0 aliphatic rings. The third-order valence-electron chi connectivity index (χ3n) is 5.40. The summed E-state index contributed by atoms with van der Waals surface area (Å²) < 4.78 is 1.17. The first kappa shape index (κ1) is 19.8. The number of anilines is 2. The van der Waals surface area contributed by atoms with E-state index in [0.717, 1.165) is 29.0 Å². The van der Waals surface area contributed by atoms with Gasteiger partial charge in [-0.2, -0.15) is 0 Å². The van der Waals surface area contributed by atoms with Gasteiger partial charge in [0.15, 0.2) is 0 Å². The molecule has 0 fully saturated rings. The van der Waals surface area contributed by atoms with Crippen LogP contribution in [0.5, 0.6) is 0 Å². The Balaban J connectivity index is 1.43. The lowest BCUT2D eigenvalue weighted by atomic mass is 10.1. The lowest BCUT2D eigenvalue weighted by molar-refractivity contribution is 0.589. The number of benzene rings is 2. The van der Waals surface area contributed by atoms with Crippen LogP contribution in [0.4, 0.5) is 11.4 Å². The van der Waals surface area contributed by atoms with E-state index in [1.54, 1.807) is 11.3 Å². The first-order valence-electron chi connectivity index (χ1n) is 10.6. The third-order valence-corrected chi connectivity index (χ3v) is 6.61. The van der Waals surface area contributed by atoms with Crippen molar-refractivity contribution in [3.63, 3.8) is 0 Å². The standard InChI is InChI=1S/C26H26N4S/c1-16(2)28-15-18-4-6-19(7-5-18)25-14-24-26(31-25)23(10-11-27-24)30-21-8-9-22-20(13-21)12-17(3)29-22/h4-14,16,28-29H,15H2,1-3H3,(H,27,30). The summed E-state index contributed by atoms with van der Waals surface area (Å²) in [6, 6.07) is 22.1. The van der Waals surface area contributed by atoms with Crippen molar-refractivity contribution in [2.45, 2.75) is 33.4 Å². The van der Waals surface area contributed by atoms with Gasteiger partial charge in [-0.3, -0.25) is 4.98 Å². The monoisotopic (exact) mass is 426 g/mol. The summed E-state index contributed by atoms with van der Waals surface area (Å²) in [6.45, 7) is 7.31. The summed E-state index contributed by atoms with van der Waals surface area (Å²) in [6.07, 6.45) is 1.88. The average molecular weight is 427 g/mol. The molecular formula is C26H26N4S. The number of pyridine rings is 1. The highest BCUT2D eigenvalue weighted by Crippen LogP contribution is 2.37. The maximum Gasteiger partial charge on any atom is 0.0837 e. The molecule has 3 N–H and O–H groups in total. The molecule has 5 aromatic rings. The highest BCUT2D eigenvalue weighted by atomic mass is 32.1. The summed E-state index contributed by atoms with van der Waals surface area (Å²) in [7, 11) is 0. The van der Waals surface area contributed by atoms with Gasteiger partial charge in [-0.15, -0.1) is 11.3 Å². The fourth-order valence-corrected chi connectivity index (χ4v) is 4.89. The van der Waals surface area contributed by atoms with Gasteiger partial charge in [-0.1, -0.05) is 38.1 Å². The summed E-state index contributed by atoms with van der Waals surface area (Å²) in [5, 5.41) is 8.28. The zero-order chi connectivity index (χ0) is 21.4. The van der Waals surface area contributed by atoms with E-state index in [1.165, 1.54) is 31.8 Å². The molecule has 0 bridgehead atoms. The molecule has 5 heteroatoms. The lowest BCUT2D eigenvalue weighted by Gasteiger charge is -2.08. The van der Waals surface area contributed by atoms with E-state index in [2.05, 4.69) is 102 Å². The van der Waals surface area contributed by atoms with Gasteiger partial charge >= 0.3 is 0 Å². The molecule has 31 heavy (non-hydrogen) atoms. The van der Waals surface area contributed by atoms with Crippen molar-refractivity contribution in [1.82, 2.24) is 15.3 Å². The molecule has 0 amide bonds. The van der Waals surface area contributed by atoms with Gasteiger partial charge in [0.2, 0.25) is 0 Å². The number of aromatic nitrogens is 2. The van der Waals surface area contributed by atoms with Crippen LogP contribution in [-0.2, 0) is 6.54 Å². The first-order chi connectivity index (χ1) is 15.0. The highest BCUT2D eigenvalue weighted by Gasteiger charge is 2.10. The summed E-state index contributed by atoms with van der Waals surface area (Å²) in [4.78, 5) is 9.22. The number of hydrogen-bond acceptors (Lipinski definition) is 4. The zero-order valence-corrected chi connectivity index (χ0v) is 18.8. The summed E-state index contributed by atoms with van der Waals surface area (Å²) in [5.41, 5.74) is 8.05. The number of rotatable bonds is 6. The predicted molar refractivity (Wildman–Crippen MR) is 133 cm³/mol. The molecule has 2 aromatic carbocycles. The number of hydrogen-bond donors (Lipinski definition) is 3. The molecule has 0 saturated carbocycles. The number of nitrogens with zero attached hydrogens (tertiary/aromatic N) is 1. The van der Waals surface area contributed by atoms with Crippen LogP contribution >= 0.6 is 11.3 Å². The van der Waals surface area contributed by atoms with E-state index in [4.69, 9.17) is 0 Å². The fourth-order valence-electron chi connectivity index (χ4n) is 3.80. The van der Waals surface area contributed by atoms with Crippen LogP contribution in [0.3, 0.4) is 0 Å². The third kappa shape index (κ3) is 4.20. The minimum absolute atomic E-state index is 0.487. The molecule has 156 valence electrons. The Morgan fingerprint density at radius 2 is 1.84 bits per heavy atom. The van der Waals surface area contributed by atoms with Gasteiger partial charge in [-0.05, 0) is 54.4 Å². The lowest BCUT2D eigenvalue weighted by Crippen LogP contribution is -2.21. The fraction of sp³-hybridized carbons (Fsp3) is 0.192. The Kier molecular flexibility index (Phi) is 5.22. The number of fused-ring (bicyclic) bond motifs is 2. The van der Waals surface area contributed by atoms with Gasteiger partial charge in [-0.25, -0.2) is 0 Å². The average Bonchev–Trinajstić information content (AvgIpc) is 3.35. The van der Waals surface area contributed by atoms with Crippen LogP contribution in [-0.4, -0.2) is 16.0 Å². The zero-order valence-electron chi connectivity index (χ0n) is 18.0. The minimum Gasteiger partial charge on any atom is -0.359 e. The summed E-state index contributed by atoms with van der Waals surface area (Å²) in [5.74, 6) is 0. The molecule has 0 aliphatic carbocycles. The van der Waals surface area contributed by atoms with E-state index < -0.39 is 0 Å². The van der Waals surface area contributed by atoms with Gasteiger partial charge in [0.25, 0.3) is 0 Å². The molecule has 0 aliphatic heterocycles. The smallest absolute Gasteiger partial charge is 0.0837 e. The largest absolute Gasteiger partial charge is 0.359 e. The highest BCUT2D eigenvalue weighted by molar-refractivity contribution is 7.22.